The van der Waals surface area contributed by atoms with Crippen LogP contribution in [0.1, 0.15) is 36.0 Å². The van der Waals surface area contributed by atoms with Crippen molar-refractivity contribution in [3.63, 3.8) is 0 Å². The summed E-state index contributed by atoms with van der Waals surface area (Å²) in [5, 5.41) is 7.29. The van der Waals surface area contributed by atoms with Crippen LogP contribution in [0, 0.1) is 6.92 Å². The van der Waals surface area contributed by atoms with Crippen LogP contribution < -0.4 is 4.74 Å². The maximum atomic E-state index is 6.05. The fraction of sp³-hybridized carbons (Fsp3) is 0.450. The Bertz CT molecular complexity index is 836. The lowest BCUT2D eigenvalue weighted by molar-refractivity contribution is 0.197. The average Bonchev–Trinajstić information content (AvgIpc) is 3.36. The zero-order valence-electron chi connectivity index (χ0n) is 15.7. The summed E-state index contributed by atoms with van der Waals surface area (Å²) in [7, 11) is 0. The van der Waals surface area contributed by atoms with Crippen molar-refractivity contribution in [1.29, 1.82) is 0 Å². The maximum Gasteiger partial charge on any atom is 0.153 e. The number of ether oxygens (including phenoxy) is 1. The van der Waals surface area contributed by atoms with E-state index in [1.165, 1.54) is 5.56 Å². The normalized spacial score (nSPS) is 15.9. The number of nitrogens with zero attached hydrogens (tertiary/aromatic N) is 5. The van der Waals surface area contributed by atoms with Crippen LogP contribution in [0.15, 0.2) is 43.0 Å². The van der Waals surface area contributed by atoms with Crippen LogP contribution in [0.5, 0.6) is 5.75 Å². The van der Waals surface area contributed by atoms with Crippen molar-refractivity contribution in [3.8, 4) is 5.75 Å². The lowest BCUT2D eigenvalue weighted by Crippen LogP contribution is -2.33. The molecule has 0 bridgehead atoms. The highest BCUT2D eigenvalue weighted by Gasteiger charge is 2.24. The number of benzene rings is 1. The number of para-hydroxylation sites is 1. The van der Waals surface area contributed by atoms with Gasteiger partial charge in [-0.05, 0) is 38.9 Å². The predicted octanol–water partition coefficient (Wildman–Crippen LogP) is 2.77. The van der Waals surface area contributed by atoms with E-state index in [2.05, 4.69) is 43.3 Å². The molecule has 1 aliphatic heterocycles. The molecule has 1 aromatic carbocycles. The molecule has 2 aromatic heterocycles. The fourth-order valence-corrected chi connectivity index (χ4v) is 3.59. The lowest BCUT2D eigenvalue weighted by atomic mass is 9.96. The molecule has 7 heteroatoms. The Morgan fingerprint density at radius 3 is 2.81 bits per heavy atom. The summed E-state index contributed by atoms with van der Waals surface area (Å²) in [6, 6.07) is 8.35. The van der Waals surface area contributed by atoms with Crippen molar-refractivity contribution >= 4 is 0 Å². The smallest absolute Gasteiger partial charge is 0.153 e. The van der Waals surface area contributed by atoms with E-state index in [0.29, 0.717) is 12.5 Å². The molecule has 1 aliphatic rings. The van der Waals surface area contributed by atoms with Crippen molar-refractivity contribution in [1.82, 2.24) is 29.6 Å². The summed E-state index contributed by atoms with van der Waals surface area (Å²) < 4.78 is 8.07. The first-order valence-corrected chi connectivity index (χ1v) is 9.55. The van der Waals surface area contributed by atoms with Crippen molar-refractivity contribution in [3.05, 3.63) is 60.2 Å². The molecular weight excluding hydrogens is 340 g/mol. The second-order valence-electron chi connectivity index (χ2n) is 7.09. The Kier molecular flexibility index (Phi) is 5.48. The second-order valence-corrected chi connectivity index (χ2v) is 7.09. The number of piperidine rings is 1. The predicted molar refractivity (Wildman–Crippen MR) is 103 cm³/mol. The zero-order chi connectivity index (χ0) is 18.5. The van der Waals surface area contributed by atoms with E-state index in [-0.39, 0.29) is 0 Å². The minimum atomic E-state index is 0.466. The first-order valence-electron chi connectivity index (χ1n) is 9.55. The molecule has 0 radical (unpaired) electrons. The molecule has 27 heavy (non-hydrogen) atoms. The van der Waals surface area contributed by atoms with Gasteiger partial charge in [-0.1, -0.05) is 18.2 Å². The van der Waals surface area contributed by atoms with E-state index < -0.39 is 0 Å². The molecule has 4 rings (SSSR count). The van der Waals surface area contributed by atoms with Crippen molar-refractivity contribution in [2.45, 2.75) is 38.8 Å². The van der Waals surface area contributed by atoms with Crippen LogP contribution in [0.4, 0.5) is 0 Å². The number of hydrogen-bond acceptors (Lipinski definition) is 5. The molecule has 7 nitrogen and oxygen atoms in total. The molecule has 0 aliphatic carbocycles. The Morgan fingerprint density at radius 1 is 1.22 bits per heavy atom. The third-order valence-corrected chi connectivity index (χ3v) is 5.10. The van der Waals surface area contributed by atoms with Gasteiger partial charge in [0.1, 0.15) is 18.2 Å². The third-order valence-electron chi connectivity index (χ3n) is 5.10. The molecule has 0 atom stereocenters. The molecule has 1 saturated heterocycles. The van der Waals surface area contributed by atoms with Crippen LogP contribution in [0.25, 0.3) is 0 Å². The first kappa shape index (κ1) is 17.7. The number of aryl methyl sites for hydroxylation is 1. The highest BCUT2D eigenvalue weighted by atomic mass is 16.5. The Balaban J connectivity index is 1.30. The van der Waals surface area contributed by atoms with Gasteiger partial charge in [0, 0.05) is 30.4 Å². The van der Waals surface area contributed by atoms with Crippen LogP contribution in [-0.4, -0.2) is 49.3 Å². The molecule has 0 amide bonds. The summed E-state index contributed by atoms with van der Waals surface area (Å²) in [6.45, 7) is 6.43. The van der Waals surface area contributed by atoms with Gasteiger partial charge in [-0.25, -0.2) is 9.97 Å². The van der Waals surface area contributed by atoms with E-state index in [1.54, 1.807) is 6.20 Å². The second kappa shape index (κ2) is 8.35. The van der Waals surface area contributed by atoms with E-state index in [9.17, 15) is 0 Å². The average molecular weight is 366 g/mol. The number of aromatic nitrogens is 5. The molecule has 142 valence electrons. The number of H-pyrrole nitrogens is 1. The molecule has 0 spiro atoms. The molecular formula is C20H26N6O. The van der Waals surface area contributed by atoms with Crippen LogP contribution in [-0.2, 0) is 13.1 Å². The van der Waals surface area contributed by atoms with Crippen LogP contribution in [0.3, 0.4) is 0 Å². The summed E-state index contributed by atoms with van der Waals surface area (Å²) in [4.78, 5) is 11.1. The van der Waals surface area contributed by atoms with Crippen molar-refractivity contribution < 1.29 is 4.74 Å². The lowest BCUT2D eigenvalue weighted by Gasteiger charge is -2.31. The topological polar surface area (TPSA) is 71.9 Å². The minimum absolute atomic E-state index is 0.466. The summed E-state index contributed by atoms with van der Waals surface area (Å²) in [5.74, 6) is 3.31. The summed E-state index contributed by atoms with van der Waals surface area (Å²) in [5.41, 5.74) is 1.25. The standard InChI is InChI=1S/C20H26N6O/c1-16-22-20(24-23-16)17-6-9-25(10-7-17)14-18-4-2-3-5-19(18)27-13-12-26-11-8-21-15-26/h2-5,8,11,15,17H,6-7,9-10,12-14H2,1H3,(H,22,23,24). The van der Waals surface area contributed by atoms with Gasteiger partial charge in [0.15, 0.2) is 5.82 Å². The van der Waals surface area contributed by atoms with E-state index in [0.717, 1.165) is 56.4 Å². The van der Waals surface area contributed by atoms with Crippen molar-refractivity contribution in [2.75, 3.05) is 19.7 Å². The van der Waals surface area contributed by atoms with E-state index in [4.69, 9.17) is 4.74 Å². The number of aromatic amines is 1. The fourth-order valence-electron chi connectivity index (χ4n) is 3.59. The number of likely N-dealkylation sites (tertiary alicyclic amines) is 1. The highest BCUT2D eigenvalue weighted by Crippen LogP contribution is 2.28. The van der Waals surface area contributed by atoms with Gasteiger partial charge in [-0.2, -0.15) is 5.10 Å². The number of rotatable bonds is 7. The van der Waals surface area contributed by atoms with Gasteiger partial charge < -0.3 is 9.30 Å². The van der Waals surface area contributed by atoms with Gasteiger partial charge in [-0.15, -0.1) is 0 Å². The van der Waals surface area contributed by atoms with Crippen LogP contribution >= 0.6 is 0 Å². The summed E-state index contributed by atoms with van der Waals surface area (Å²) >= 11 is 0. The Labute approximate surface area is 159 Å². The molecule has 1 fully saturated rings. The number of hydrogen-bond donors (Lipinski definition) is 1. The van der Waals surface area contributed by atoms with Gasteiger partial charge in [0.05, 0.1) is 12.9 Å². The number of imidazole rings is 1. The quantitative estimate of drug-likeness (QED) is 0.696. The molecule has 3 aromatic rings. The third kappa shape index (κ3) is 4.54. The van der Waals surface area contributed by atoms with E-state index in [1.807, 2.05) is 30.1 Å². The van der Waals surface area contributed by atoms with E-state index >= 15 is 0 Å². The Hall–Kier alpha value is -2.67. The van der Waals surface area contributed by atoms with Gasteiger partial charge >= 0.3 is 0 Å². The monoisotopic (exact) mass is 366 g/mol. The molecule has 1 N–H and O–H groups in total. The zero-order valence-corrected chi connectivity index (χ0v) is 15.7. The first-order chi connectivity index (χ1) is 13.3. The molecule has 0 unspecified atom stereocenters. The maximum absolute atomic E-state index is 6.05. The van der Waals surface area contributed by atoms with Gasteiger partial charge in [0.2, 0.25) is 0 Å². The minimum Gasteiger partial charge on any atom is -0.491 e. The largest absolute Gasteiger partial charge is 0.491 e. The number of nitrogens with one attached hydrogen (secondary N) is 1. The molecule has 3 heterocycles. The van der Waals surface area contributed by atoms with Crippen LogP contribution in [0.2, 0.25) is 0 Å². The van der Waals surface area contributed by atoms with Gasteiger partial charge in [-0.3, -0.25) is 10.00 Å². The summed E-state index contributed by atoms with van der Waals surface area (Å²) in [6.07, 6.45) is 7.75. The highest BCUT2D eigenvalue weighted by molar-refractivity contribution is 5.33. The van der Waals surface area contributed by atoms with Gasteiger partial charge in [0.25, 0.3) is 0 Å². The SMILES string of the molecule is Cc1nc(C2CCN(Cc3ccccc3OCCn3ccnc3)CC2)n[nH]1. The Morgan fingerprint density at radius 2 is 2.07 bits per heavy atom. The molecule has 0 saturated carbocycles. The van der Waals surface area contributed by atoms with Crippen molar-refractivity contribution in [2.24, 2.45) is 0 Å².